The average molecular weight is 455 g/mol. The van der Waals surface area contributed by atoms with Crippen molar-refractivity contribution in [3.05, 3.63) is 98.8 Å². The Labute approximate surface area is 189 Å². The third-order valence-corrected chi connectivity index (χ3v) is 5.82. The fourth-order valence-corrected chi connectivity index (χ4v) is 3.92. The van der Waals surface area contributed by atoms with Gasteiger partial charge in [0.05, 0.1) is 16.5 Å². The Morgan fingerprint density at radius 2 is 1.52 bits per heavy atom. The number of fused-ring (bicyclic) bond motifs is 1. The van der Waals surface area contributed by atoms with E-state index < -0.39 is 5.97 Å². The highest BCUT2D eigenvalue weighted by Gasteiger charge is 2.26. The molecule has 0 heterocycles. The molecule has 0 bridgehead atoms. The van der Waals surface area contributed by atoms with Gasteiger partial charge < -0.3 is 9.84 Å². The van der Waals surface area contributed by atoms with E-state index in [1.807, 2.05) is 37.3 Å². The van der Waals surface area contributed by atoms with Crippen molar-refractivity contribution in [3.8, 4) is 11.5 Å². The lowest BCUT2D eigenvalue weighted by atomic mass is 10.0. The second-order valence-corrected chi connectivity index (χ2v) is 7.98. The molecule has 0 saturated heterocycles. The zero-order valence-corrected chi connectivity index (χ0v) is 18.0. The topological polar surface area (TPSA) is 46.5 Å². The molecule has 4 rings (SSSR count). The predicted molar refractivity (Wildman–Crippen MR) is 122 cm³/mol. The molecule has 3 aromatic rings. The number of aliphatic carboxylic acids is 1. The van der Waals surface area contributed by atoms with Crippen molar-refractivity contribution in [2.75, 3.05) is 0 Å². The van der Waals surface area contributed by atoms with Crippen LogP contribution in [0.1, 0.15) is 30.0 Å². The van der Waals surface area contributed by atoms with Crippen LogP contribution in [0.25, 0.3) is 17.2 Å². The van der Waals surface area contributed by atoms with Gasteiger partial charge in [0.25, 0.3) is 0 Å². The van der Waals surface area contributed by atoms with Crippen LogP contribution in [0.15, 0.2) is 66.2 Å². The normalized spacial score (nSPS) is 14.1. The summed E-state index contributed by atoms with van der Waals surface area (Å²) in [6, 6.07) is 16.7. The largest absolute Gasteiger partial charge is 0.481 e. The molecule has 1 aliphatic rings. The minimum absolute atomic E-state index is 0.0986. The fraction of sp³-hybridized carbons (Fsp3) is 0.0800. The highest BCUT2D eigenvalue weighted by molar-refractivity contribution is 6.42. The van der Waals surface area contributed by atoms with Crippen molar-refractivity contribution >= 4 is 46.4 Å². The number of rotatable bonds is 5. The zero-order chi connectivity index (χ0) is 22.1. The highest BCUT2D eigenvalue weighted by Crippen LogP contribution is 2.46. The van der Waals surface area contributed by atoms with Gasteiger partial charge in [0.1, 0.15) is 17.3 Å². The highest BCUT2D eigenvalue weighted by atomic mass is 35.5. The molecule has 3 aromatic carbocycles. The van der Waals surface area contributed by atoms with E-state index in [0.717, 1.165) is 33.4 Å². The average Bonchev–Trinajstić information content (AvgIpc) is 2.96. The van der Waals surface area contributed by atoms with Gasteiger partial charge in [-0.1, -0.05) is 35.3 Å². The summed E-state index contributed by atoms with van der Waals surface area (Å²) < 4.78 is 18.8. The standard InChI is InChI=1S/C25H17Cl2FO3/c1-14-19(21-11-23(26)24(27)12-22(21)20(14)13-25(29)30)10-15-2-6-17(7-3-15)31-18-8-4-16(28)5-9-18/h2-12H,13H2,1H3,(H,29,30)/b19-10+. The summed E-state index contributed by atoms with van der Waals surface area (Å²) in [5, 5.41) is 10.1. The van der Waals surface area contributed by atoms with Gasteiger partial charge in [-0.15, -0.1) is 0 Å². The third-order valence-electron chi connectivity index (χ3n) is 5.10. The van der Waals surface area contributed by atoms with E-state index in [-0.39, 0.29) is 12.2 Å². The van der Waals surface area contributed by atoms with Crippen molar-refractivity contribution in [1.82, 2.24) is 0 Å². The van der Waals surface area contributed by atoms with Crippen LogP contribution in [0.5, 0.6) is 11.5 Å². The number of carbonyl (C=O) groups is 1. The molecule has 156 valence electrons. The van der Waals surface area contributed by atoms with E-state index in [1.165, 1.54) is 12.1 Å². The summed E-state index contributed by atoms with van der Waals surface area (Å²) in [6.07, 6.45) is 1.88. The first-order valence-electron chi connectivity index (χ1n) is 9.48. The Morgan fingerprint density at radius 3 is 2.10 bits per heavy atom. The summed E-state index contributed by atoms with van der Waals surface area (Å²) in [4.78, 5) is 11.4. The lowest BCUT2D eigenvalue weighted by molar-refractivity contribution is -0.135. The quantitative estimate of drug-likeness (QED) is 0.428. The smallest absolute Gasteiger partial charge is 0.307 e. The Morgan fingerprint density at radius 1 is 0.968 bits per heavy atom. The first-order chi connectivity index (χ1) is 14.8. The SMILES string of the molecule is CC1=C(CC(=O)O)c2cc(Cl)c(Cl)cc2/C1=C/c1ccc(Oc2ccc(F)cc2)cc1. The fourth-order valence-electron chi connectivity index (χ4n) is 3.59. The number of carboxylic acids is 1. The van der Waals surface area contributed by atoms with E-state index >= 15 is 0 Å². The molecule has 1 N–H and O–H groups in total. The van der Waals surface area contributed by atoms with Crippen molar-refractivity contribution in [2.24, 2.45) is 0 Å². The maximum atomic E-state index is 13.0. The van der Waals surface area contributed by atoms with E-state index in [0.29, 0.717) is 21.5 Å². The summed E-state index contributed by atoms with van der Waals surface area (Å²) in [5.41, 5.74) is 5.06. The van der Waals surface area contributed by atoms with Crippen LogP contribution in [0, 0.1) is 5.82 Å². The third kappa shape index (κ3) is 4.50. The van der Waals surface area contributed by atoms with Gasteiger partial charge in [-0.05, 0) is 94.9 Å². The number of benzene rings is 3. The van der Waals surface area contributed by atoms with Crippen molar-refractivity contribution in [2.45, 2.75) is 13.3 Å². The number of carboxylic acid groups (broad SMARTS) is 1. The first kappa shape index (κ1) is 21.2. The number of hydrogen-bond donors (Lipinski definition) is 1. The van der Waals surface area contributed by atoms with Gasteiger partial charge in [-0.2, -0.15) is 0 Å². The Balaban J connectivity index is 1.67. The monoisotopic (exact) mass is 454 g/mol. The molecule has 0 radical (unpaired) electrons. The van der Waals surface area contributed by atoms with Gasteiger partial charge in [0.15, 0.2) is 0 Å². The number of allylic oxidation sites excluding steroid dienone is 2. The maximum absolute atomic E-state index is 13.0. The minimum atomic E-state index is -0.907. The van der Waals surface area contributed by atoms with Gasteiger partial charge in [0, 0.05) is 0 Å². The van der Waals surface area contributed by atoms with Crippen LogP contribution < -0.4 is 4.74 Å². The molecule has 0 unspecified atom stereocenters. The van der Waals surface area contributed by atoms with E-state index in [1.54, 1.807) is 24.3 Å². The van der Waals surface area contributed by atoms with Gasteiger partial charge in [-0.3, -0.25) is 4.79 Å². The molecule has 6 heteroatoms. The van der Waals surface area contributed by atoms with Crippen LogP contribution in [0.2, 0.25) is 10.0 Å². The van der Waals surface area contributed by atoms with Crippen LogP contribution in [-0.2, 0) is 4.79 Å². The number of hydrogen-bond acceptors (Lipinski definition) is 2. The maximum Gasteiger partial charge on any atom is 0.307 e. The molecule has 0 fully saturated rings. The lowest BCUT2D eigenvalue weighted by Gasteiger charge is -2.08. The molecule has 31 heavy (non-hydrogen) atoms. The molecular weight excluding hydrogens is 438 g/mol. The van der Waals surface area contributed by atoms with E-state index in [2.05, 4.69) is 0 Å². The van der Waals surface area contributed by atoms with Gasteiger partial charge in [0.2, 0.25) is 0 Å². The lowest BCUT2D eigenvalue weighted by Crippen LogP contribution is -1.97. The molecule has 0 atom stereocenters. The van der Waals surface area contributed by atoms with Crippen molar-refractivity contribution in [1.29, 1.82) is 0 Å². The molecule has 0 amide bonds. The first-order valence-corrected chi connectivity index (χ1v) is 10.2. The molecular formula is C25H17Cl2FO3. The Kier molecular flexibility index (Phi) is 5.86. The molecule has 0 aliphatic heterocycles. The molecule has 0 spiro atoms. The molecule has 1 aliphatic carbocycles. The van der Waals surface area contributed by atoms with Crippen molar-refractivity contribution < 1.29 is 19.0 Å². The van der Waals surface area contributed by atoms with Crippen molar-refractivity contribution in [3.63, 3.8) is 0 Å². The van der Waals surface area contributed by atoms with E-state index in [4.69, 9.17) is 27.9 Å². The second kappa shape index (κ2) is 8.58. The second-order valence-electron chi connectivity index (χ2n) is 7.17. The van der Waals surface area contributed by atoms with Crippen LogP contribution in [0.4, 0.5) is 4.39 Å². The molecule has 0 saturated carbocycles. The van der Waals surface area contributed by atoms with Gasteiger partial charge >= 0.3 is 5.97 Å². The van der Waals surface area contributed by atoms with Crippen LogP contribution in [0.3, 0.4) is 0 Å². The number of halogens is 3. The van der Waals surface area contributed by atoms with E-state index in [9.17, 15) is 14.3 Å². The summed E-state index contributed by atoms with van der Waals surface area (Å²) in [7, 11) is 0. The number of ether oxygens (including phenoxy) is 1. The summed E-state index contributed by atoms with van der Waals surface area (Å²) in [5.74, 6) is -0.0664. The van der Waals surface area contributed by atoms with Crippen LogP contribution >= 0.6 is 23.2 Å². The summed E-state index contributed by atoms with van der Waals surface area (Å²) in [6.45, 7) is 1.90. The predicted octanol–water partition coefficient (Wildman–Crippen LogP) is 7.73. The molecule has 3 nitrogen and oxygen atoms in total. The summed E-state index contributed by atoms with van der Waals surface area (Å²) >= 11 is 12.4. The van der Waals surface area contributed by atoms with Gasteiger partial charge in [-0.25, -0.2) is 4.39 Å². The molecule has 0 aromatic heterocycles. The Hall–Kier alpha value is -3.08. The zero-order valence-electron chi connectivity index (χ0n) is 16.5. The minimum Gasteiger partial charge on any atom is -0.481 e. The van der Waals surface area contributed by atoms with Crippen LogP contribution in [-0.4, -0.2) is 11.1 Å². The Bertz CT molecular complexity index is 1230.